The fourth-order valence-corrected chi connectivity index (χ4v) is 2.19. The van der Waals surface area contributed by atoms with Crippen LogP contribution in [0.25, 0.3) is 11.1 Å². The van der Waals surface area contributed by atoms with Crippen LogP contribution in [0.15, 0.2) is 36.4 Å². The first-order chi connectivity index (χ1) is 11.0. The summed E-state index contributed by atoms with van der Waals surface area (Å²) in [4.78, 5) is 11.4. The number of carboxylic acids is 1. The number of carbonyl (C=O) groups is 1. The summed E-state index contributed by atoms with van der Waals surface area (Å²) in [5, 5.41) is 9.35. The fourth-order valence-electron chi connectivity index (χ4n) is 2.19. The Hall–Kier alpha value is -2.56. The number of rotatable bonds is 7. The fraction of sp³-hybridized carbons (Fsp3) is 0.278. The summed E-state index contributed by atoms with van der Waals surface area (Å²) in [6.07, 6.45) is 0.780. The zero-order valence-electron chi connectivity index (χ0n) is 13.1. The van der Waals surface area contributed by atoms with Gasteiger partial charge in [-0.05, 0) is 48.7 Å². The zero-order chi connectivity index (χ0) is 16.8. The van der Waals surface area contributed by atoms with Gasteiger partial charge in [-0.15, -0.1) is 0 Å². The maximum Gasteiger partial charge on any atom is 0.339 e. The molecule has 0 unspecified atom stereocenters. The van der Waals surface area contributed by atoms with Gasteiger partial charge in [0.15, 0.2) is 0 Å². The molecule has 122 valence electrons. The second-order valence-electron chi connectivity index (χ2n) is 4.97. The van der Waals surface area contributed by atoms with Gasteiger partial charge in [0.2, 0.25) is 0 Å². The number of hydrogen-bond acceptors (Lipinski definition) is 3. The summed E-state index contributed by atoms with van der Waals surface area (Å²) in [7, 11) is 0. The van der Waals surface area contributed by atoms with Crippen molar-refractivity contribution in [1.82, 2.24) is 0 Å². The van der Waals surface area contributed by atoms with Crippen LogP contribution in [-0.4, -0.2) is 24.3 Å². The molecule has 0 bridgehead atoms. The van der Waals surface area contributed by atoms with Crippen molar-refractivity contribution in [2.75, 3.05) is 13.2 Å². The molecule has 4 nitrogen and oxygen atoms in total. The third-order valence-electron chi connectivity index (χ3n) is 3.19. The van der Waals surface area contributed by atoms with E-state index in [0.717, 1.165) is 6.42 Å². The average Bonchev–Trinajstić information content (AvgIpc) is 2.52. The standard InChI is InChI=1S/C18H19FO4/c1-3-7-23-17-6-5-12(10-16(17)18(20)21)13-8-14(19)11-15(9-13)22-4-2/h5-6,8-11H,3-4,7H2,1-2H3,(H,20,21). The first kappa shape index (κ1) is 16.8. The van der Waals surface area contributed by atoms with Gasteiger partial charge in [0.05, 0.1) is 13.2 Å². The van der Waals surface area contributed by atoms with Crippen LogP contribution in [0.5, 0.6) is 11.5 Å². The van der Waals surface area contributed by atoms with Gasteiger partial charge in [0.25, 0.3) is 0 Å². The Labute approximate surface area is 134 Å². The van der Waals surface area contributed by atoms with E-state index in [1.807, 2.05) is 13.8 Å². The summed E-state index contributed by atoms with van der Waals surface area (Å²) >= 11 is 0. The number of hydrogen-bond donors (Lipinski definition) is 1. The van der Waals surface area contributed by atoms with Crippen molar-refractivity contribution in [3.63, 3.8) is 0 Å². The van der Waals surface area contributed by atoms with Crippen molar-refractivity contribution < 1.29 is 23.8 Å². The van der Waals surface area contributed by atoms with Crippen LogP contribution in [0.3, 0.4) is 0 Å². The van der Waals surface area contributed by atoms with Crippen LogP contribution in [0, 0.1) is 5.82 Å². The van der Waals surface area contributed by atoms with E-state index in [-0.39, 0.29) is 5.56 Å². The highest BCUT2D eigenvalue weighted by Crippen LogP contribution is 2.30. The monoisotopic (exact) mass is 318 g/mol. The van der Waals surface area contributed by atoms with Crippen LogP contribution < -0.4 is 9.47 Å². The highest BCUT2D eigenvalue weighted by Gasteiger charge is 2.14. The van der Waals surface area contributed by atoms with Crippen LogP contribution in [0.2, 0.25) is 0 Å². The second kappa shape index (κ2) is 7.63. The largest absolute Gasteiger partial charge is 0.494 e. The smallest absolute Gasteiger partial charge is 0.339 e. The lowest BCUT2D eigenvalue weighted by atomic mass is 10.0. The summed E-state index contributed by atoms with van der Waals surface area (Å²) in [5.41, 5.74) is 1.20. The van der Waals surface area contributed by atoms with E-state index < -0.39 is 11.8 Å². The Bertz CT molecular complexity index is 697. The first-order valence-electron chi connectivity index (χ1n) is 7.49. The maximum atomic E-state index is 13.7. The Balaban J connectivity index is 2.43. The van der Waals surface area contributed by atoms with E-state index in [4.69, 9.17) is 9.47 Å². The third-order valence-corrected chi connectivity index (χ3v) is 3.19. The van der Waals surface area contributed by atoms with Gasteiger partial charge < -0.3 is 14.6 Å². The van der Waals surface area contributed by atoms with E-state index in [1.165, 1.54) is 18.2 Å². The van der Waals surface area contributed by atoms with E-state index >= 15 is 0 Å². The molecule has 0 aliphatic heterocycles. The van der Waals surface area contributed by atoms with E-state index in [9.17, 15) is 14.3 Å². The third kappa shape index (κ3) is 4.22. The molecule has 0 atom stereocenters. The van der Waals surface area contributed by atoms with E-state index in [0.29, 0.717) is 35.8 Å². The molecule has 1 N–H and O–H groups in total. The Morgan fingerprint density at radius 2 is 1.87 bits per heavy atom. The molecule has 23 heavy (non-hydrogen) atoms. The topological polar surface area (TPSA) is 55.8 Å². The molecule has 0 fully saturated rings. The summed E-state index contributed by atoms with van der Waals surface area (Å²) in [5.74, 6) is -0.802. The average molecular weight is 318 g/mol. The van der Waals surface area contributed by atoms with Crippen molar-refractivity contribution in [3.8, 4) is 22.6 Å². The van der Waals surface area contributed by atoms with E-state index in [2.05, 4.69) is 0 Å². The lowest BCUT2D eigenvalue weighted by Gasteiger charge is -2.11. The van der Waals surface area contributed by atoms with Gasteiger partial charge in [0.1, 0.15) is 22.9 Å². The molecule has 2 aromatic rings. The molecular weight excluding hydrogens is 299 g/mol. The van der Waals surface area contributed by atoms with Crippen LogP contribution in [-0.2, 0) is 0 Å². The summed E-state index contributed by atoms with van der Waals surface area (Å²) in [6.45, 7) is 4.62. The Morgan fingerprint density at radius 1 is 1.09 bits per heavy atom. The Morgan fingerprint density at radius 3 is 2.52 bits per heavy atom. The van der Waals surface area contributed by atoms with Crippen molar-refractivity contribution in [1.29, 1.82) is 0 Å². The van der Waals surface area contributed by atoms with Crippen LogP contribution >= 0.6 is 0 Å². The minimum absolute atomic E-state index is 0.0539. The van der Waals surface area contributed by atoms with Crippen molar-refractivity contribution in [2.24, 2.45) is 0 Å². The van der Waals surface area contributed by atoms with Gasteiger partial charge in [-0.1, -0.05) is 13.0 Å². The number of benzene rings is 2. The van der Waals surface area contributed by atoms with Crippen molar-refractivity contribution in [3.05, 3.63) is 47.8 Å². The van der Waals surface area contributed by atoms with Crippen LogP contribution in [0.1, 0.15) is 30.6 Å². The molecule has 0 saturated heterocycles. The molecule has 0 radical (unpaired) electrons. The predicted molar refractivity (Wildman–Crippen MR) is 85.8 cm³/mol. The molecular formula is C18H19FO4. The summed E-state index contributed by atoms with van der Waals surface area (Å²) in [6, 6.07) is 9.11. The van der Waals surface area contributed by atoms with Gasteiger partial charge in [-0.3, -0.25) is 0 Å². The minimum Gasteiger partial charge on any atom is -0.494 e. The SMILES string of the molecule is CCCOc1ccc(-c2cc(F)cc(OCC)c2)cc1C(=O)O. The first-order valence-corrected chi connectivity index (χ1v) is 7.49. The lowest BCUT2D eigenvalue weighted by molar-refractivity contribution is 0.0692. The number of halogens is 1. The van der Waals surface area contributed by atoms with Crippen molar-refractivity contribution in [2.45, 2.75) is 20.3 Å². The maximum absolute atomic E-state index is 13.7. The van der Waals surface area contributed by atoms with E-state index in [1.54, 1.807) is 18.2 Å². The lowest BCUT2D eigenvalue weighted by Crippen LogP contribution is -2.04. The Kier molecular flexibility index (Phi) is 5.57. The van der Waals surface area contributed by atoms with Gasteiger partial charge in [0, 0.05) is 6.07 Å². The minimum atomic E-state index is -1.08. The number of ether oxygens (including phenoxy) is 2. The van der Waals surface area contributed by atoms with Crippen LogP contribution in [0.4, 0.5) is 4.39 Å². The molecule has 5 heteroatoms. The highest BCUT2D eigenvalue weighted by molar-refractivity contribution is 5.92. The molecule has 0 aromatic heterocycles. The molecule has 0 amide bonds. The summed E-state index contributed by atoms with van der Waals surface area (Å²) < 4.78 is 24.5. The van der Waals surface area contributed by atoms with Gasteiger partial charge >= 0.3 is 5.97 Å². The zero-order valence-corrected chi connectivity index (χ0v) is 13.1. The molecule has 0 aliphatic rings. The molecule has 0 spiro atoms. The molecule has 2 aromatic carbocycles. The van der Waals surface area contributed by atoms with Crippen molar-refractivity contribution >= 4 is 5.97 Å². The van der Waals surface area contributed by atoms with Gasteiger partial charge in [-0.25, -0.2) is 9.18 Å². The number of carboxylic acid groups (broad SMARTS) is 1. The normalized spacial score (nSPS) is 10.4. The molecule has 0 heterocycles. The molecule has 0 saturated carbocycles. The quantitative estimate of drug-likeness (QED) is 0.823. The highest BCUT2D eigenvalue weighted by atomic mass is 19.1. The number of aromatic carboxylic acids is 1. The van der Waals surface area contributed by atoms with Gasteiger partial charge in [-0.2, -0.15) is 0 Å². The molecule has 2 rings (SSSR count). The predicted octanol–water partition coefficient (Wildman–Crippen LogP) is 4.38. The molecule has 0 aliphatic carbocycles. The second-order valence-corrected chi connectivity index (χ2v) is 4.97.